The highest BCUT2D eigenvalue weighted by Gasteiger charge is 2.27. The summed E-state index contributed by atoms with van der Waals surface area (Å²) < 4.78 is 5.91. The Labute approximate surface area is 116 Å². The molecule has 1 aliphatic rings. The maximum Gasteiger partial charge on any atom is 0.289 e. The smallest absolute Gasteiger partial charge is 0.289 e. The molecular weight excluding hydrogens is 296 g/mol. The molecule has 0 aliphatic heterocycles. The van der Waals surface area contributed by atoms with Crippen LogP contribution in [0.3, 0.4) is 0 Å². The first-order chi connectivity index (χ1) is 8.61. The second kappa shape index (κ2) is 5.89. The van der Waals surface area contributed by atoms with Crippen LogP contribution in [0.25, 0.3) is 0 Å². The summed E-state index contributed by atoms with van der Waals surface area (Å²) in [7, 11) is 3.86. The average molecular weight is 315 g/mol. The lowest BCUT2D eigenvalue weighted by Crippen LogP contribution is -2.42. The molecule has 0 saturated heterocycles. The van der Waals surface area contributed by atoms with E-state index < -0.39 is 0 Å². The van der Waals surface area contributed by atoms with E-state index in [-0.39, 0.29) is 5.91 Å². The average Bonchev–Trinajstić information content (AvgIpc) is 2.84. The molecule has 1 aliphatic carbocycles. The van der Waals surface area contributed by atoms with Crippen LogP contribution in [0.2, 0.25) is 0 Å². The summed E-state index contributed by atoms with van der Waals surface area (Å²) in [5.74, 6) is 0.369. The number of furan rings is 1. The highest BCUT2D eigenvalue weighted by molar-refractivity contribution is 9.10. The van der Waals surface area contributed by atoms with Crippen molar-refractivity contribution in [2.45, 2.75) is 37.8 Å². The molecule has 1 fully saturated rings. The Morgan fingerprint density at radius 3 is 2.56 bits per heavy atom. The highest BCUT2D eigenvalue weighted by atomic mass is 79.9. The van der Waals surface area contributed by atoms with Gasteiger partial charge in [0, 0.05) is 19.1 Å². The molecule has 2 rings (SSSR count). The van der Waals surface area contributed by atoms with E-state index in [0.717, 1.165) is 25.7 Å². The largest absolute Gasteiger partial charge is 0.444 e. The zero-order valence-electron chi connectivity index (χ0n) is 10.8. The van der Waals surface area contributed by atoms with Gasteiger partial charge in [-0.25, -0.2) is 0 Å². The molecule has 5 heteroatoms. The van der Waals surface area contributed by atoms with Crippen molar-refractivity contribution >= 4 is 21.8 Å². The SMILES string of the molecule is CNC1CCC(N(C)C(=O)c2ccc(Br)o2)CC1. The van der Waals surface area contributed by atoms with Crippen LogP contribution in [0.4, 0.5) is 0 Å². The van der Waals surface area contributed by atoms with Crippen LogP contribution in [-0.4, -0.2) is 37.0 Å². The van der Waals surface area contributed by atoms with Crippen molar-refractivity contribution in [2.24, 2.45) is 0 Å². The Morgan fingerprint density at radius 2 is 2.06 bits per heavy atom. The molecule has 0 unspecified atom stereocenters. The molecule has 1 aromatic rings. The lowest BCUT2D eigenvalue weighted by molar-refractivity contribution is 0.0652. The van der Waals surface area contributed by atoms with Gasteiger partial charge < -0.3 is 14.6 Å². The third-order valence-electron chi connectivity index (χ3n) is 3.76. The zero-order valence-corrected chi connectivity index (χ0v) is 12.4. The van der Waals surface area contributed by atoms with Gasteiger partial charge >= 0.3 is 0 Å². The summed E-state index contributed by atoms with van der Waals surface area (Å²) in [4.78, 5) is 14.0. The van der Waals surface area contributed by atoms with Gasteiger partial charge in [0.2, 0.25) is 0 Å². The summed E-state index contributed by atoms with van der Waals surface area (Å²) in [5, 5.41) is 3.30. The minimum atomic E-state index is -0.0337. The van der Waals surface area contributed by atoms with Crippen molar-refractivity contribution in [1.29, 1.82) is 0 Å². The van der Waals surface area contributed by atoms with Gasteiger partial charge in [-0.1, -0.05) is 0 Å². The topological polar surface area (TPSA) is 45.5 Å². The fraction of sp³-hybridized carbons (Fsp3) is 0.615. The Balaban J connectivity index is 1.95. The van der Waals surface area contributed by atoms with E-state index in [1.165, 1.54) is 0 Å². The monoisotopic (exact) mass is 314 g/mol. The van der Waals surface area contributed by atoms with E-state index in [0.29, 0.717) is 22.5 Å². The molecule has 100 valence electrons. The molecule has 1 aromatic heterocycles. The molecule has 0 atom stereocenters. The third kappa shape index (κ3) is 2.95. The molecular formula is C13H19BrN2O2. The maximum atomic E-state index is 12.2. The van der Waals surface area contributed by atoms with Crippen LogP contribution in [0.1, 0.15) is 36.2 Å². The molecule has 0 spiro atoms. The van der Waals surface area contributed by atoms with Crippen molar-refractivity contribution in [1.82, 2.24) is 10.2 Å². The number of carbonyl (C=O) groups is 1. The molecule has 18 heavy (non-hydrogen) atoms. The number of carbonyl (C=O) groups excluding carboxylic acids is 1. The van der Waals surface area contributed by atoms with Gasteiger partial charge in [-0.3, -0.25) is 4.79 Å². The summed E-state index contributed by atoms with van der Waals surface area (Å²) in [6, 6.07) is 4.38. The molecule has 4 nitrogen and oxygen atoms in total. The molecule has 0 radical (unpaired) electrons. The number of halogens is 1. The predicted octanol–water partition coefficient (Wildman–Crippen LogP) is 2.64. The minimum absolute atomic E-state index is 0.0337. The Morgan fingerprint density at radius 1 is 1.39 bits per heavy atom. The number of hydrogen-bond acceptors (Lipinski definition) is 3. The zero-order chi connectivity index (χ0) is 13.1. The van der Waals surface area contributed by atoms with E-state index in [1.807, 2.05) is 19.0 Å². The number of hydrogen-bond donors (Lipinski definition) is 1. The van der Waals surface area contributed by atoms with Crippen molar-refractivity contribution in [3.8, 4) is 0 Å². The fourth-order valence-electron chi connectivity index (χ4n) is 2.52. The van der Waals surface area contributed by atoms with Crippen LogP contribution in [-0.2, 0) is 0 Å². The lowest BCUT2D eigenvalue weighted by Gasteiger charge is -2.34. The number of nitrogens with one attached hydrogen (secondary N) is 1. The van der Waals surface area contributed by atoms with Crippen molar-refractivity contribution < 1.29 is 9.21 Å². The van der Waals surface area contributed by atoms with E-state index in [9.17, 15) is 4.79 Å². The first-order valence-corrected chi connectivity index (χ1v) is 7.11. The van der Waals surface area contributed by atoms with Crippen molar-refractivity contribution in [3.05, 3.63) is 22.6 Å². The van der Waals surface area contributed by atoms with E-state index in [4.69, 9.17) is 4.42 Å². The van der Waals surface area contributed by atoms with Gasteiger partial charge in [0.1, 0.15) is 0 Å². The van der Waals surface area contributed by atoms with E-state index in [2.05, 4.69) is 21.2 Å². The van der Waals surface area contributed by atoms with Crippen LogP contribution in [0, 0.1) is 0 Å². The van der Waals surface area contributed by atoms with Crippen LogP contribution >= 0.6 is 15.9 Å². The number of rotatable bonds is 3. The standard InChI is InChI=1S/C13H19BrN2O2/c1-15-9-3-5-10(6-4-9)16(2)13(17)11-7-8-12(14)18-11/h7-10,15H,3-6H2,1-2H3. The lowest BCUT2D eigenvalue weighted by atomic mass is 9.90. The summed E-state index contributed by atoms with van der Waals surface area (Å²) >= 11 is 3.22. The minimum Gasteiger partial charge on any atom is -0.444 e. The van der Waals surface area contributed by atoms with Crippen LogP contribution in [0.5, 0.6) is 0 Å². The van der Waals surface area contributed by atoms with Gasteiger partial charge in [-0.2, -0.15) is 0 Å². The van der Waals surface area contributed by atoms with Crippen molar-refractivity contribution in [3.63, 3.8) is 0 Å². The molecule has 1 saturated carbocycles. The Hall–Kier alpha value is -0.810. The Bertz CT molecular complexity index is 411. The van der Waals surface area contributed by atoms with E-state index >= 15 is 0 Å². The molecule has 1 N–H and O–H groups in total. The first kappa shape index (κ1) is 13.6. The van der Waals surface area contributed by atoms with Gasteiger partial charge in [-0.05, 0) is 60.8 Å². The number of nitrogens with zero attached hydrogens (tertiary/aromatic N) is 1. The number of amides is 1. The quantitative estimate of drug-likeness (QED) is 0.933. The van der Waals surface area contributed by atoms with Crippen LogP contribution < -0.4 is 5.32 Å². The summed E-state index contributed by atoms with van der Waals surface area (Å²) in [6.07, 6.45) is 4.35. The summed E-state index contributed by atoms with van der Waals surface area (Å²) in [5.41, 5.74) is 0. The van der Waals surface area contributed by atoms with Gasteiger partial charge in [-0.15, -0.1) is 0 Å². The molecule has 1 heterocycles. The van der Waals surface area contributed by atoms with Gasteiger partial charge in [0.05, 0.1) is 0 Å². The van der Waals surface area contributed by atoms with Gasteiger partial charge in [0.15, 0.2) is 10.4 Å². The summed E-state index contributed by atoms with van der Waals surface area (Å²) in [6.45, 7) is 0. The molecule has 0 aromatic carbocycles. The van der Waals surface area contributed by atoms with Crippen molar-refractivity contribution in [2.75, 3.05) is 14.1 Å². The van der Waals surface area contributed by atoms with E-state index in [1.54, 1.807) is 12.1 Å². The van der Waals surface area contributed by atoms with Gasteiger partial charge in [0.25, 0.3) is 5.91 Å². The molecule has 0 bridgehead atoms. The first-order valence-electron chi connectivity index (χ1n) is 6.31. The second-order valence-corrected chi connectivity index (χ2v) is 5.60. The third-order valence-corrected chi connectivity index (χ3v) is 4.18. The normalized spacial score (nSPS) is 23.9. The van der Waals surface area contributed by atoms with Crippen LogP contribution in [0.15, 0.2) is 21.2 Å². The predicted molar refractivity (Wildman–Crippen MR) is 73.6 cm³/mol. The Kier molecular flexibility index (Phi) is 4.45. The fourth-order valence-corrected chi connectivity index (χ4v) is 2.83. The highest BCUT2D eigenvalue weighted by Crippen LogP contribution is 2.24. The molecule has 1 amide bonds. The maximum absolute atomic E-state index is 12.2. The second-order valence-electron chi connectivity index (χ2n) is 4.81.